The van der Waals surface area contributed by atoms with Gasteiger partial charge in [-0.25, -0.2) is 5.01 Å². The van der Waals surface area contributed by atoms with E-state index in [2.05, 4.69) is 10.5 Å². The van der Waals surface area contributed by atoms with E-state index in [4.69, 9.17) is 11.6 Å². The summed E-state index contributed by atoms with van der Waals surface area (Å²) in [6.45, 7) is -0.136. The number of fused-ring (bicyclic) bond motifs is 1. The van der Waals surface area contributed by atoms with E-state index in [0.29, 0.717) is 15.9 Å². The van der Waals surface area contributed by atoms with Crippen molar-refractivity contribution >= 4 is 51.8 Å². The summed E-state index contributed by atoms with van der Waals surface area (Å²) >= 11 is 7.32. The molecule has 1 aliphatic heterocycles. The van der Waals surface area contributed by atoms with E-state index in [0.717, 1.165) is 5.56 Å². The smallest absolute Gasteiger partial charge is 0.270 e. The number of hydrogen-bond acceptors (Lipinski definition) is 6. The lowest BCUT2D eigenvalue weighted by atomic mass is 10.2. The monoisotopic (exact) mass is 431 g/mol. The number of hydrogen-bond donors (Lipinski definition) is 1. The zero-order valence-electron chi connectivity index (χ0n) is 14.8. The van der Waals surface area contributed by atoms with Crippen molar-refractivity contribution in [2.24, 2.45) is 0 Å². The first-order valence-electron chi connectivity index (χ1n) is 8.51. The summed E-state index contributed by atoms with van der Waals surface area (Å²) in [6.07, 6.45) is 1.46. The number of thioether (sulfide) groups is 1. The number of carbonyl (C=O) groups is 2. The van der Waals surface area contributed by atoms with Crippen LogP contribution in [0.3, 0.4) is 0 Å². The van der Waals surface area contributed by atoms with Gasteiger partial charge in [0.25, 0.3) is 17.5 Å². The van der Waals surface area contributed by atoms with Crippen molar-refractivity contribution in [1.82, 2.24) is 20.2 Å². The van der Waals surface area contributed by atoms with E-state index in [1.807, 2.05) is 12.1 Å². The predicted octanol–water partition coefficient (Wildman–Crippen LogP) is 2.90. The molecule has 1 atom stereocenters. The molecule has 11 heteroatoms. The third-order valence-corrected chi connectivity index (χ3v) is 5.86. The average Bonchev–Trinajstić information content (AvgIpc) is 3.26. The van der Waals surface area contributed by atoms with Crippen LogP contribution in [0.4, 0.5) is 5.69 Å². The van der Waals surface area contributed by atoms with Gasteiger partial charge >= 0.3 is 0 Å². The number of benzene rings is 2. The highest BCUT2D eigenvalue weighted by atomic mass is 35.5. The van der Waals surface area contributed by atoms with E-state index in [1.165, 1.54) is 39.8 Å². The Bertz CT molecular complexity index is 1120. The van der Waals surface area contributed by atoms with Crippen LogP contribution >= 0.6 is 23.4 Å². The quantitative estimate of drug-likeness (QED) is 0.491. The fourth-order valence-electron chi connectivity index (χ4n) is 3.04. The Hall–Kier alpha value is -3.11. The lowest BCUT2D eigenvalue weighted by Crippen LogP contribution is -2.45. The van der Waals surface area contributed by atoms with Gasteiger partial charge in [0.1, 0.15) is 11.9 Å². The molecule has 0 saturated carbocycles. The summed E-state index contributed by atoms with van der Waals surface area (Å²) in [5, 5.41) is 17.1. The van der Waals surface area contributed by atoms with Gasteiger partial charge in [0.15, 0.2) is 0 Å². The SMILES string of the molecule is O=C(Cn1ncc2cc([N+](=O)[O-])ccc21)NN1C(=O)CSC1c1ccc(Cl)cc1. The Morgan fingerprint density at radius 3 is 2.79 bits per heavy atom. The van der Waals surface area contributed by atoms with E-state index in [1.54, 1.807) is 18.2 Å². The van der Waals surface area contributed by atoms with Gasteiger partial charge in [-0.2, -0.15) is 5.10 Å². The minimum absolute atomic E-state index is 0.0491. The first kappa shape index (κ1) is 19.2. The summed E-state index contributed by atoms with van der Waals surface area (Å²) < 4.78 is 1.43. The van der Waals surface area contributed by atoms with Crippen LogP contribution in [-0.2, 0) is 16.1 Å². The lowest BCUT2D eigenvalue weighted by molar-refractivity contribution is -0.384. The van der Waals surface area contributed by atoms with Gasteiger partial charge in [-0.3, -0.25) is 29.8 Å². The second-order valence-corrected chi connectivity index (χ2v) is 7.82. The number of nitrogens with one attached hydrogen (secondary N) is 1. The predicted molar refractivity (Wildman–Crippen MR) is 108 cm³/mol. The maximum absolute atomic E-state index is 12.6. The number of nitrogens with zero attached hydrogens (tertiary/aromatic N) is 4. The molecule has 1 aliphatic rings. The fraction of sp³-hybridized carbons (Fsp3) is 0.167. The molecule has 9 nitrogen and oxygen atoms in total. The maximum atomic E-state index is 12.6. The minimum atomic E-state index is -0.489. The number of amides is 2. The summed E-state index contributed by atoms with van der Waals surface area (Å²) in [7, 11) is 0. The lowest BCUT2D eigenvalue weighted by Gasteiger charge is -2.24. The number of hydrazine groups is 1. The molecule has 148 valence electrons. The highest BCUT2D eigenvalue weighted by Crippen LogP contribution is 2.37. The molecule has 29 heavy (non-hydrogen) atoms. The van der Waals surface area contributed by atoms with Crippen LogP contribution in [0.25, 0.3) is 10.9 Å². The van der Waals surface area contributed by atoms with Crippen LogP contribution < -0.4 is 5.43 Å². The highest BCUT2D eigenvalue weighted by Gasteiger charge is 2.34. The molecular formula is C18H14ClN5O4S. The standard InChI is InChI=1S/C18H14ClN5O4S/c19-13-3-1-11(2-4-13)18-23(17(26)10-29-18)21-16(25)9-22-15-6-5-14(24(27)28)7-12(15)8-20-22/h1-8,18H,9-10H2,(H,21,25). The van der Waals surface area contributed by atoms with Gasteiger partial charge in [-0.1, -0.05) is 23.7 Å². The van der Waals surface area contributed by atoms with Crippen molar-refractivity contribution in [2.75, 3.05) is 5.75 Å². The van der Waals surface area contributed by atoms with Crippen molar-refractivity contribution in [3.63, 3.8) is 0 Å². The number of non-ortho nitro benzene ring substituents is 1. The first-order valence-corrected chi connectivity index (χ1v) is 9.93. The van der Waals surface area contributed by atoms with Crippen molar-refractivity contribution < 1.29 is 14.5 Å². The third kappa shape index (κ3) is 3.89. The van der Waals surface area contributed by atoms with Crippen LogP contribution in [0.2, 0.25) is 5.02 Å². The summed E-state index contributed by atoms with van der Waals surface area (Å²) in [4.78, 5) is 35.2. The largest absolute Gasteiger partial charge is 0.272 e. The van der Waals surface area contributed by atoms with E-state index in [-0.39, 0.29) is 29.3 Å². The molecule has 4 rings (SSSR count). The molecule has 2 amide bonds. The van der Waals surface area contributed by atoms with E-state index < -0.39 is 10.8 Å². The molecule has 0 radical (unpaired) electrons. The van der Waals surface area contributed by atoms with Gasteiger partial charge in [0.2, 0.25) is 0 Å². The summed E-state index contributed by atoms with van der Waals surface area (Å²) in [6, 6.07) is 11.4. The number of nitro benzene ring substituents is 1. The Labute approximate surface area is 173 Å². The molecule has 2 heterocycles. The zero-order chi connectivity index (χ0) is 20.5. The Balaban J connectivity index is 1.50. The maximum Gasteiger partial charge on any atom is 0.270 e. The van der Waals surface area contributed by atoms with Crippen LogP contribution in [0.15, 0.2) is 48.7 Å². The number of nitro groups is 1. The van der Waals surface area contributed by atoms with E-state index >= 15 is 0 Å². The number of carbonyl (C=O) groups excluding carboxylic acids is 2. The normalized spacial score (nSPS) is 16.4. The van der Waals surface area contributed by atoms with Crippen LogP contribution in [0.5, 0.6) is 0 Å². The van der Waals surface area contributed by atoms with Gasteiger partial charge in [-0.05, 0) is 23.8 Å². The molecule has 1 unspecified atom stereocenters. The number of rotatable bonds is 5. The van der Waals surface area contributed by atoms with Gasteiger partial charge in [0.05, 0.1) is 22.4 Å². The molecule has 0 bridgehead atoms. The summed E-state index contributed by atoms with van der Waals surface area (Å²) in [5.74, 6) is -0.380. The summed E-state index contributed by atoms with van der Waals surface area (Å²) in [5.41, 5.74) is 4.03. The second kappa shape index (κ2) is 7.72. The van der Waals surface area contributed by atoms with Crippen LogP contribution in [0, 0.1) is 10.1 Å². The highest BCUT2D eigenvalue weighted by molar-refractivity contribution is 8.00. The molecule has 1 fully saturated rings. The van der Waals surface area contributed by atoms with Crippen molar-refractivity contribution in [3.05, 3.63) is 69.4 Å². The fourth-order valence-corrected chi connectivity index (χ4v) is 4.27. The Morgan fingerprint density at radius 2 is 2.07 bits per heavy atom. The molecule has 2 aromatic carbocycles. The van der Waals surface area contributed by atoms with Gasteiger partial charge < -0.3 is 0 Å². The van der Waals surface area contributed by atoms with Crippen LogP contribution in [-0.4, -0.2) is 37.3 Å². The second-order valence-electron chi connectivity index (χ2n) is 6.32. The molecule has 3 aromatic rings. The Morgan fingerprint density at radius 1 is 1.31 bits per heavy atom. The molecule has 0 spiro atoms. The Kier molecular flexibility index (Phi) is 5.12. The topological polar surface area (TPSA) is 110 Å². The van der Waals surface area contributed by atoms with Gasteiger partial charge in [0, 0.05) is 22.5 Å². The van der Waals surface area contributed by atoms with Crippen molar-refractivity contribution in [1.29, 1.82) is 0 Å². The number of aromatic nitrogens is 2. The zero-order valence-corrected chi connectivity index (χ0v) is 16.4. The van der Waals surface area contributed by atoms with Crippen molar-refractivity contribution in [2.45, 2.75) is 11.9 Å². The van der Waals surface area contributed by atoms with Crippen LogP contribution in [0.1, 0.15) is 10.9 Å². The minimum Gasteiger partial charge on any atom is -0.272 e. The molecule has 1 saturated heterocycles. The van der Waals surface area contributed by atoms with E-state index in [9.17, 15) is 19.7 Å². The van der Waals surface area contributed by atoms with Crippen molar-refractivity contribution in [3.8, 4) is 0 Å². The molecular weight excluding hydrogens is 418 g/mol. The molecule has 1 N–H and O–H groups in total. The average molecular weight is 432 g/mol. The molecule has 0 aliphatic carbocycles. The molecule has 1 aromatic heterocycles. The van der Waals surface area contributed by atoms with Gasteiger partial charge in [-0.15, -0.1) is 11.8 Å². The third-order valence-electron chi connectivity index (χ3n) is 4.40. The first-order chi connectivity index (χ1) is 13.9. The number of halogens is 1.